The number of rotatable bonds is 7. The van der Waals surface area contributed by atoms with Gasteiger partial charge in [0.15, 0.2) is 0 Å². The molecule has 3 heterocycles. The van der Waals surface area contributed by atoms with Crippen LogP contribution in [0.15, 0.2) is 18.2 Å². The van der Waals surface area contributed by atoms with Crippen molar-refractivity contribution in [2.24, 2.45) is 11.8 Å². The van der Waals surface area contributed by atoms with Gasteiger partial charge in [0.25, 0.3) is 0 Å². The average Bonchev–Trinajstić information content (AvgIpc) is 2.86. The SMILES string of the molecule is C[C@@H](Nc1cc(F)ccc1F)C(=O)N1C2CCC(CC2)[C@H]1C(=O)N[C@@H](C#N)C[C@@H]1CCCNC1=O. The highest BCUT2D eigenvalue weighted by atomic mass is 19.1. The smallest absolute Gasteiger partial charge is 0.245 e. The molecule has 188 valence electrons. The van der Waals surface area contributed by atoms with Crippen molar-refractivity contribution in [3.8, 4) is 6.07 Å². The number of anilines is 1. The number of amides is 3. The molecule has 5 rings (SSSR count). The average molecular weight is 488 g/mol. The van der Waals surface area contributed by atoms with Crippen LogP contribution in [0.3, 0.4) is 0 Å². The number of hydrogen-bond donors (Lipinski definition) is 3. The van der Waals surface area contributed by atoms with Crippen molar-refractivity contribution >= 4 is 23.4 Å². The van der Waals surface area contributed by atoms with Gasteiger partial charge in [-0.2, -0.15) is 5.26 Å². The number of carbonyl (C=O) groups excluding carboxylic acids is 3. The predicted octanol–water partition coefficient (Wildman–Crippen LogP) is 2.46. The number of nitriles is 1. The van der Waals surface area contributed by atoms with Crippen LogP contribution in [0.1, 0.15) is 51.9 Å². The molecule has 10 heteroatoms. The van der Waals surface area contributed by atoms with E-state index in [0.29, 0.717) is 13.0 Å². The molecule has 0 spiro atoms. The molecule has 1 aromatic rings. The van der Waals surface area contributed by atoms with Crippen LogP contribution in [0.2, 0.25) is 0 Å². The molecule has 1 aliphatic carbocycles. The maximum atomic E-state index is 14.1. The predicted molar refractivity (Wildman–Crippen MR) is 124 cm³/mol. The second kappa shape index (κ2) is 10.6. The molecule has 0 aromatic heterocycles. The molecule has 1 aromatic carbocycles. The van der Waals surface area contributed by atoms with Crippen molar-refractivity contribution in [1.29, 1.82) is 5.26 Å². The number of halogens is 2. The van der Waals surface area contributed by atoms with E-state index in [9.17, 15) is 28.4 Å². The lowest BCUT2D eigenvalue weighted by Crippen LogP contribution is -2.65. The van der Waals surface area contributed by atoms with Gasteiger partial charge in [-0.15, -0.1) is 0 Å². The fourth-order valence-corrected chi connectivity index (χ4v) is 5.68. The summed E-state index contributed by atoms with van der Waals surface area (Å²) in [6.07, 6.45) is 4.85. The van der Waals surface area contributed by atoms with Crippen LogP contribution in [0, 0.1) is 34.8 Å². The molecular formula is C25H31F2N5O3. The summed E-state index contributed by atoms with van der Waals surface area (Å²) < 4.78 is 27.7. The van der Waals surface area contributed by atoms with E-state index in [1.54, 1.807) is 11.8 Å². The van der Waals surface area contributed by atoms with Gasteiger partial charge in [-0.1, -0.05) is 0 Å². The molecule has 1 saturated carbocycles. The van der Waals surface area contributed by atoms with Gasteiger partial charge in [0, 0.05) is 18.5 Å². The van der Waals surface area contributed by atoms with Crippen molar-refractivity contribution in [1.82, 2.24) is 15.5 Å². The van der Waals surface area contributed by atoms with Gasteiger partial charge < -0.3 is 20.9 Å². The summed E-state index contributed by atoms with van der Waals surface area (Å²) in [6, 6.07) is 2.46. The highest BCUT2D eigenvalue weighted by molar-refractivity contribution is 5.92. The quantitative estimate of drug-likeness (QED) is 0.547. The van der Waals surface area contributed by atoms with E-state index < -0.39 is 35.7 Å². The summed E-state index contributed by atoms with van der Waals surface area (Å²) in [5.41, 5.74) is -0.121. The Morgan fingerprint density at radius 1 is 1.23 bits per heavy atom. The first-order valence-electron chi connectivity index (χ1n) is 12.3. The molecule has 0 radical (unpaired) electrons. The van der Waals surface area contributed by atoms with Gasteiger partial charge in [0.1, 0.15) is 29.8 Å². The molecule has 8 nitrogen and oxygen atoms in total. The topological polar surface area (TPSA) is 114 Å². The number of carbonyl (C=O) groups is 3. The molecule has 4 atom stereocenters. The van der Waals surface area contributed by atoms with Crippen molar-refractivity contribution in [2.45, 2.75) is 76.0 Å². The second-order valence-electron chi connectivity index (χ2n) is 9.81. The third kappa shape index (κ3) is 5.39. The fourth-order valence-electron chi connectivity index (χ4n) is 5.68. The van der Waals surface area contributed by atoms with Crippen LogP contribution >= 0.6 is 0 Å². The van der Waals surface area contributed by atoms with Crippen LogP contribution < -0.4 is 16.0 Å². The minimum absolute atomic E-state index is 0.0422. The van der Waals surface area contributed by atoms with Crippen molar-refractivity contribution in [2.75, 3.05) is 11.9 Å². The first-order chi connectivity index (χ1) is 16.8. The molecule has 3 amide bonds. The maximum Gasteiger partial charge on any atom is 0.245 e. The molecule has 3 aliphatic heterocycles. The van der Waals surface area contributed by atoms with Gasteiger partial charge in [0.2, 0.25) is 17.7 Å². The lowest BCUT2D eigenvalue weighted by Gasteiger charge is -2.51. The minimum atomic E-state index is -0.890. The van der Waals surface area contributed by atoms with Crippen LogP contribution in [0.4, 0.5) is 14.5 Å². The molecule has 2 bridgehead atoms. The van der Waals surface area contributed by atoms with E-state index in [2.05, 4.69) is 22.0 Å². The zero-order valence-electron chi connectivity index (χ0n) is 19.7. The van der Waals surface area contributed by atoms with Crippen LogP contribution in [-0.2, 0) is 14.4 Å². The Bertz CT molecular complexity index is 1020. The third-order valence-corrected chi connectivity index (χ3v) is 7.47. The number of nitrogens with zero attached hydrogens (tertiary/aromatic N) is 2. The normalized spacial score (nSPS) is 27.4. The summed E-state index contributed by atoms with van der Waals surface area (Å²) in [5.74, 6) is -2.56. The Hall–Kier alpha value is -3.22. The highest BCUT2D eigenvalue weighted by Crippen LogP contribution is 2.40. The van der Waals surface area contributed by atoms with Gasteiger partial charge in [-0.25, -0.2) is 8.78 Å². The molecular weight excluding hydrogens is 456 g/mol. The second-order valence-corrected chi connectivity index (χ2v) is 9.81. The van der Waals surface area contributed by atoms with Crippen molar-refractivity contribution < 1.29 is 23.2 Å². The Morgan fingerprint density at radius 3 is 2.66 bits per heavy atom. The number of hydrogen-bond acceptors (Lipinski definition) is 5. The molecule has 4 fully saturated rings. The third-order valence-electron chi connectivity index (χ3n) is 7.47. The number of benzene rings is 1. The molecule has 3 N–H and O–H groups in total. The Balaban J connectivity index is 1.47. The Kier molecular flexibility index (Phi) is 7.53. The molecule has 4 aliphatic rings. The van der Waals surface area contributed by atoms with Gasteiger partial charge in [-0.3, -0.25) is 14.4 Å². The van der Waals surface area contributed by atoms with E-state index >= 15 is 0 Å². The van der Waals surface area contributed by atoms with Gasteiger partial charge in [-0.05, 0) is 76.0 Å². The van der Waals surface area contributed by atoms with Gasteiger partial charge >= 0.3 is 0 Å². The van der Waals surface area contributed by atoms with Gasteiger partial charge in [0.05, 0.1) is 11.8 Å². The minimum Gasteiger partial charge on any atom is -0.371 e. The van der Waals surface area contributed by atoms with E-state index in [4.69, 9.17) is 0 Å². The summed E-state index contributed by atoms with van der Waals surface area (Å²) in [7, 11) is 0. The van der Waals surface area contributed by atoms with E-state index in [0.717, 1.165) is 50.3 Å². The largest absolute Gasteiger partial charge is 0.371 e. The van der Waals surface area contributed by atoms with E-state index in [-0.39, 0.29) is 41.8 Å². The van der Waals surface area contributed by atoms with Crippen molar-refractivity contribution in [3.05, 3.63) is 29.8 Å². The zero-order chi connectivity index (χ0) is 25.1. The Morgan fingerprint density at radius 2 is 1.97 bits per heavy atom. The van der Waals surface area contributed by atoms with Crippen LogP contribution in [-0.4, -0.2) is 53.3 Å². The highest BCUT2D eigenvalue weighted by Gasteiger charge is 2.48. The fraction of sp³-hybridized carbons (Fsp3) is 0.600. The summed E-state index contributed by atoms with van der Waals surface area (Å²) in [5, 5.41) is 18.0. The summed E-state index contributed by atoms with van der Waals surface area (Å²) >= 11 is 0. The van der Waals surface area contributed by atoms with Crippen LogP contribution in [0.5, 0.6) is 0 Å². The lowest BCUT2D eigenvalue weighted by atomic mass is 9.74. The lowest BCUT2D eigenvalue weighted by molar-refractivity contribution is -0.154. The van der Waals surface area contributed by atoms with Crippen molar-refractivity contribution in [3.63, 3.8) is 0 Å². The molecule has 3 saturated heterocycles. The summed E-state index contributed by atoms with van der Waals surface area (Å²) in [4.78, 5) is 40.5. The number of piperidine rings is 3. The number of nitrogens with one attached hydrogen (secondary N) is 3. The number of fused-ring (bicyclic) bond motifs is 3. The molecule has 0 unspecified atom stereocenters. The van der Waals surface area contributed by atoms with E-state index in [1.165, 1.54) is 0 Å². The summed E-state index contributed by atoms with van der Waals surface area (Å²) in [6.45, 7) is 2.18. The Labute approximate surface area is 203 Å². The first kappa shape index (κ1) is 24.9. The monoisotopic (exact) mass is 487 g/mol. The maximum absolute atomic E-state index is 14.1. The van der Waals surface area contributed by atoms with E-state index in [1.807, 2.05) is 0 Å². The zero-order valence-corrected chi connectivity index (χ0v) is 19.7. The first-order valence-corrected chi connectivity index (χ1v) is 12.3. The van der Waals surface area contributed by atoms with Crippen LogP contribution in [0.25, 0.3) is 0 Å². The molecule has 35 heavy (non-hydrogen) atoms. The standard InChI is InChI=1S/C25H31F2N5O3/c1-14(30-21-12-17(26)6-9-20(21)27)25(35)32-19-7-4-15(5-8-19)22(32)24(34)31-18(13-28)11-16-3-2-10-29-23(16)33/h6,9,12,14-16,18-19,22,30H,2-5,7-8,10-11H2,1H3,(H,29,33)(H,31,34)/t14-,15?,16+,18-,19?,22+/m1/s1.